The molecule has 110 valence electrons. The molecule has 6 nitrogen and oxygen atoms in total. The van der Waals surface area contributed by atoms with E-state index in [0.29, 0.717) is 12.6 Å². The van der Waals surface area contributed by atoms with Crippen LogP contribution in [0.15, 0.2) is 5.16 Å². The normalized spacial score (nSPS) is 11.4. The molecule has 1 aromatic rings. The van der Waals surface area contributed by atoms with E-state index in [0.717, 1.165) is 49.7 Å². The maximum absolute atomic E-state index is 8.69. The summed E-state index contributed by atoms with van der Waals surface area (Å²) in [6, 6.07) is 0.485. The van der Waals surface area contributed by atoms with Gasteiger partial charge in [0.05, 0.1) is 6.54 Å². The first kappa shape index (κ1) is 16.4. The minimum Gasteiger partial charge on any atom is -0.396 e. The summed E-state index contributed by atoms with van der Waals surface area (Å²) in [7, 11) is 0. The van der Waals surface area contributed by atoms with Gasteiger partial charge in [-0.05, 0) is 23.3 Å². The Kier molecular flexibility index (Phi) is 8.77. The van der Waals surface area contributed by atoms with Crippen LogP contribution >= 0.6 is 11.8 Å². The second-order valence-corrected chi connectivity index (χ2v) is 5.84. The third-order valence-electron chi connectivity index (χ3n) is 2.66. The zero-order valence-corrected chi connectivity index (χ0v) is 12.7. The van der Waals surface area contributed by atoms with Gasteiger partial charge in [0.2, 0.25) is 5.16 Å². The van der Waals surface area contributed by atoms with Gasteiger partial charge in [-0.3, -0.25) is 0 Å². The standard InChI is InChI=1S/C12H25N5OS/c1-11(2)13-7-8-17-12(14-15-16-17)19-10-6-4-3-5-9-18/h11,13,18H,3-10H2,1-2H3. The maximum Gasteiger partial charge on any atom is 0.209 e. The first-order valence-electron chi connectivity index (χ1n) is 6.97. The molecule has 0 amide bonds. The van der Waals surface area contributed by atoms with Crippen molar-refractivity contribution in [3.63, 3.8) is 0 Å². The third-order valence-corrected chi connectivity index (χ3v) is 3.70. The molecular formula is C12H25N5OS. The van der Waals surface area contributed by atoms with Crippen molar-refractivity contribution < 1.29 is 5.11 Å². The first-order chi connectivity index (χ1) is 9.24. The van der Waals surface area contributed by atoms with Crippen molar-refractivity contribution >= 4 is 11.8 Å². The largest absolute Gasteiger partial charge is 0.396 e. The first-order valence-corrected chi connectivity index (χ1v) is 7.95. The molecule has 1 aromatic heterocycles. The van der Waals surface area contributed by atoms with Crippen molar-refractivity contribution in [2.45, 2.75) is 57.3 Å². The van der Waals surface area contributed by atoms with E-state index in [2.05, 4.69) is 34.7 Å². The lowest BCUT2D eigenvalue weighted by Gasteiger charge is -2.08. The zero-order valence-electron chi connectivity index (χ0n) is 11.9. The van der Waals surface area contributed by atoms with E-state index in [1.165, 1.54) is 0 Å². The fourth-order valence-corrected chi connectivity index (χ4v) is 2.53. The van der Waals surface area contributed by atoms with Crippen molar-refractivity contribution in [1.82, 2.24) is 25.5 Å². The number of unbranched alkanes of at least 4 members (excludes halogenated alkanes) is 3. The minimum atomic E-state index is 0.300. The van der Waals surface area contributed by atoms with E-state index in [1.807, 2.05) is 4.68 Å². The van der Waals surface area contributed by atoms with Crippen LogP contribution < -0.4 is 5.32 Å². The summed E-state index contributed by atoms with van der Waals surface area (Å²) in [5.41, 5.74) is 0. The molecule has 0 spiro atoms. The summed E-state index contributed by atoms with van der Waals surface area (Å²) >= 11 is 1.71. The number of aliphatic hydroxyl groups excluding tert-OH is 1. The number of hydrogen-bond acceptors (Lipinski definition) is 6. The summed E-state index contributed by atoms with van der Waals surface area (Å²) < 4.78 is 1.85. The van der Waals surface area contributed by atoms with Gasteiger partial charge >= 0.3 is 0 Å². The van der Waals surface area contributed by atoms with Crippen LogP contribution in [0.4, 0.5) is 0 Å². The van der Waals surface area contributed by atoms with Gasteiger partial charge in [0.25, 0.3) is 0 Å². The number of aromatic nitrogens is 4. The highest BCUT2D eigenvalue weighted by molar-refractivity contribution is 7.99. The molecule has 2 N–H and O–H groups in total. The molecular weight excluding hydrogens is 262 g/mol. The number of rotatable bonds is 11. The van der Waals surface area contributed by atoms with Crippen LogP contribution in [0.3, 0.4) is 0 Å². The molecule has 0 atom stereocenters. The molecule has 0 aliphatic heterocycles. The Balaban J connectivity index is 2.17. The smallest absolute Gasteiger partial charge is 0.209 e. The van der Waals surface area contributed by atoms with Gasteiger partial charge in [0.15, 0.2) is 0 Å². The van der Waals surface area contributed by atoms with Crippen LogP contribution in [0.2, 0.25) is 0 Å². The molecule has 0 aliphatic rings. The molecule has 7 heteroatoms. The maximum atomic E-state index is 8.69. The Morgan fingerprint density at radius 1 is 1.26 bits per heavy atom. The molecule has 1 heterocycles. The minimum absolute atomic E-state index is 0.300. The number of nitrogens with one attached hydrogen (secondary N) is 1. The lowest BCUT2D eigenvalue weighted by molar-refractivity contribution is 0.283. The third kappa shape index (κ3) is 7.49. The molecule has 0 saturated heterocycles. The van der Waals surface area contributed by atoms with Gasteiger partial charge in [0, 0.05) is 24.9 Å². The van der Waals surface area contributed by atoms with Crippen LogP contribution in [0.5, 0.6) is 0 Å². The Bertz CT molecular complexity index is 332. The quantitative estimate of drug-likeness (QED) is 0.472. The molecule has 1 rings (SSSR count). The Labute approximate surface area is 119 Å². The van der Waals surface area contributed by atoms with Gasteiger partial charge in [-0.25, -0.2) is 4.68 Å². The fourth-order valence-electron chi connectivity index (χ4n) is 1.63. The van der Waals surface area contributed by atoms with Crippen molar-refractivity contribution in [2.24, 2.45) is 0 Å². The second-order valence-electron chi connectivity index (χ2n) is 4.78. The van der Waals surface area contributed by atoms with Crippen LogP contribution in [0, 0.1) is 0 Å². The number of nitrogens with zero attached hydrogens (tertiary/aromatic N) is 4. The van der Waals surface area contributed by atoms with Gasteiger partial charge in [-0.2, -0.15) is 0 Å². The summed E-state index contributed by atoms with van der Waals surface area (Å²) in [5.74, 6) is 1.03. The molecule has 0 radical (unpaired) electrons. The SMILES string of the molecule is CC(C)NCCn1nnnc1SCCCCCCO. The molecule has 0 fully saturated rings. The fraction of sp³-hybridized carbons (Fsp3) is 0.917. The highest BCUT2D eigenvalue weighted by atomic mass is 32.2. The number of hydrogen-bond donors (Lipinski definition) is 2. The lowest BCUT2D eigenvalue weighted by Crippen LogP contribution is -2.27. The molecule has 0 saturated carbocycles. The lowest BCUT2D eigenvalue weighted by atomic mass is 10.2. The molecule has 19 heavy (non-hydrogen) atoms. The molecule has 0 bridgehead atoms. The van der Waals surface area contributed by atoms with Crippen LogP contribution in [0.1, 0.15) is 39.5 Å². The van der Waals surface area contributed by atoms with E-state index < -0.39 is 0 Å². The Morgan fingerprint density at radius 2 is 2.05 bits per heavy atom. The summed E-state index contributed by atoms with van der Waals surface area (Å²) in [5, 5.41) is 24.7. The van der Waals surface area contributed by atoms with E-state index >= 15 is 0 Å². The Morgan fingerprint density at radius 3 is 2.79 bits per heavy atom. The number of tetrazole rings is 1. The van der Waals surface area contributed by atoms with Crippen LogP contribution in [-0.2, 0) is 6.54 Å². The highest BCUT2D eigenvalue weighted by Crippen LogP contribution is 2.16. The van der Waals surface area contributed by atoms with E-state index in [1.54, 1.807) is 11.8 Å². The van der Waals surface area contributed by atoms with Crippen molar-refractivity contribution in [3.05, 3.63) is 0 Å². The predicted molar refractivity (Wildman–Crippen MR) is 77.2 cm³/mol. The van der Waals surface area contributed by atoms with Gasteiger partial charge in [-0.15, -0.1) is 5.10 Å². The van der Waals surface area contributed by atoms with Gasteiger partial charge in [0.1, 0.15) is 0 Å². The predicted octanol–water partition coefficient (Wildman–Crippen LogP) is 1.32. The van der Waals surface area contributed by atoms with E-state index in [4.69, 9.17) is 5.11 Å². The summed E-state index contributed by atoms with van der Waals surface area (Å²) in [6.07, 6.45) is 4.30. The number of thioether (sulfide) groups is 1. The average Bonchev–Trinajstić information content (AvgIpc) is 2.81. The summed E-state index contributed by atoms with van der Waals surface area (Å²) in [4.78, 5) is 0. The second kappa shape index (κ2) is 10.2. The summed E-state index contributed by atoms with van der Waals surface area (Å²) in [6.45, 7) is 6.24. The molecule has 0 unspecified atom stereocenters. The van der Waals surface area contributed by atoms with E-state index in [9.17, 15) is 0 Å². The van der Waals surface area contributed by atoms with Gasteiger partial charge in [-0.1, -0.05) is 38.5 Å². The van der Waals surface area contributed by atoms with Crippen LogP contribution in [-0.4, -0.2) is 50.3 Å². The topological polar surface area (TPSA) is 75.9 Å². The zero-order chi connectivity index (χ0) is 13.9. The van der Waals surface area contributed by atoms with Crippen molar-refractivity contribution in [3.8, 4) is 0 Å². The molecule has 0 aliphatic carbocycles. The van der Waals surface area contributed by atoms with Crippen molar-refractivity contribution in [2.75, 3.05) is 18.9 Å². The monoisotopic (exact) mass is 287 g/mol. The van der Waals surface area contributed by atoms with Crippen LogP contribution in [0.25, 0.3) is 0 Å². The average molecular weight is 287 g/mol. The van der Waals surface area contributed by atoms with Gasteiger partial charge < -0.3 is 10.4 Å². The van der Waals surface area contributed by atoms with E-state index in [-0.39, 0.29) is 0 Å². The molecule has 0 aromatic carbocycles. The Hall–Kier alpha value is -0.660. The highest BCUT2D eigenvalue weighted by Gasteiger charge is 2.06. The number of aliphatic hydroxyl groups is 1. The van der Waals surface area contributed by atoms with Crippen molar-refractivity contribution in [1.29, 1.82) is 0 Å².